The molecule has 0 radical (unpaired) electrons. The molecule has 1 rings (SSSR count). The maximum atomic E-state index is 10.3. The van der Waals surface area contributed by atoms with E-state index in [1.807, 2.05) is 13.8 Å². The highest BCUT2D eigenvalue weighted by Crippen LogP contribution is 2.01. The lowest BCUT2D eigenvalue weighted by Gasteiger charge is -2.08. The Labute approximate surface area is 94.1 Å². The van der Waals surface area contributed by atoms with Crippen LogP contribution >= 0.6 is 0 Å². The zero-order valence-electron chi connectivity index (χ0n) is 9.40. The molecular formula is C10H16N4O2. The van der Waals surface area contributed by atoms with Gasteiger partial charge in [-0.25, -0.2) is 9.97 Å². The molecule has 1 aromatic rings. The van der Waals surface area contributed by atoms with Crippen LogP contribution in [-0.2, 0) is 11.3 Å². The highest BCUT2D eigenvalue weighted by Gasteiger charge is 2.00. The van der Waals surface area contributed by atoms with Crippen molar-refractivity contribution in [3.8, 4) is 0 Å². The molecule has 0 aliphatic carbocycles. The van der Waals surface area contributed by atoms with Crippen molar-refractivity contribution in [2.45, 2.75) is 26.4 Å². The van der Waals surface area contributed by atoms with Gasteiger partial charge in [-0.05, 0) is 13.8 Å². The van der Waals surface area contributed by atoms with Crippen molar-refractivity contribution in [1.82, 2.24) is 15.3 Å². The van der Waals surface area contributed by atoms with E-state index in [-0.39, 0.29) is 12.6 Å². The highest BCUT2D eigenvalue weighted by molar-refractivity contribution is 5.68. The van der Waals surface area contributed by atoms with Gasteiger partial charge in [0.2, 0.25) is 5.95 Å². The number of aliphatic carboxylic acids is 1. The van der Waals surface area contributed by atoms with Crippen molar-refractivity contribution in [1.29, 1.82) is 0 Å². The number of rotatable bonds is 6. The second kappa shape index (κ2) is 6.02. The lowest BCUT2D eigenvalue weighted by atomic mass is 10.3. The van der Waals surface area contributed by atoms with Crippen LogP contribution in [0.15, 0.2) is 12.4 Å². The molecule has 1 heterocycles. The third-order valence-electron chi connectivity index (χ3n) is 1.73. The minimum Gasteiger partial charge on any atom is -0.480 e. The van der Waals surface area contributed by atoms with E-state index in [9.17, 15) is 4.79 Å². The normalized spacial score (nSPS) is 10.4. The van der Waals surface area contributed by atoms with E-state index in [0.717, 1.165) is 5.56 Å². The fraction of sp³-hybridized carbons (Fsp3) is 0.500. The van der Waals surface area contributed by atoms with Gasteiger partial charge in [0.1, 0.15) is 0 Å². The summed E-state index contributed by atoms with van der Waals surface area (Å²) in [4.78, 5) is 18.5. The number of anilines is 1. The number of nitrogens with zero attached hydrogens (tertiary/aromatic N) is 2. The van der Waals surface area contributed by atoms with E-state index < -0.39 is 5.97 Å². The van der Waals surface area contributed by atoms with Crippen molar-refractivity contribution in [3.63, 3.8) is 0 Å². The van der Waals surface area contributed by atoms with Gasteiger partial charge in [-0.2, -0.15) is 0 Å². The Kier molecular flexibility index (Phi) is 4.65. The first-order chi connectivity index (χ1) is 7.58. The molecule has 0 amide bonds. The molecule has 0 saturated carbocycles. The molecule has 0 atom stereocenters. The van der Waals surface area contributed by atoms with Crippen LogP contribution in [0.4, 0.5) is 5.95 Å². The van der Waals surface area contributed by atoms with Crippen molar-refractivity contribution < 1.29 is 9.90 Å². The summed E-state index contributed by atoms with van der Waals surface area (Å²) in [5.74, 6) is -0.295. The average Bonchev–Trinajstić information content (AvgIpc) is 2.19. The van der Waals surface area contributed by atoms with E-state index in [4.69, 9.17) is 5.11 Å². The molecule has 0 aliphatic rings. The molecule has 1 aromatic heterocycles. The Morgan fingerprint density at radius 1 is 1.44 bits per heavy atom. The molecular weight excluding hydrogens is 208 g/mol. The van der Waals surface area contributed by atoms with Crippen LogP contribution in [0, 0.1) is 0 Å². The number of hydrogen-bond acceptors (Lipinski definition) is 5. The number of aromatic nitrogens is 2. The first-order valence-electron chi connectivity index (χ1n) is 5.08. The summed E-state index contributed by atoms with van der Waals surface area (Å²) >= 11 is 0. The van der Waals surface area contributed by atoms with Crippen LogP contribution in [0.2, 0.25) is 0 Å². The smallest absolute Gasteiger partial charge is 0.317 e. The third kappa shape index (κ3) is 4.70. The molecule has 0 saturated heterocycles. The first kappa shape index (κ1) is 12.4. The van der Waals surface area contributed by atoms with E-state index in [1.165, 1.54) is 0 Å². The molecule has 0 aromatic carbocycles. The van der Waals surface area contributed by atoms with E-state index in [2.05, 4.69) is 20.6 Å². The Balaban J connectivity index is 2.42. The van der Waals surface area contributed by atoms with Gasteiger partial charge < -0.3 is 15.7 Å². The summed E-state index contributed by atoms with van der Waals surface area (Å²) in [6.45, 7) is 4.40. The lowest BCUT2D eigenvalue weighted by Crippen LogP contribution is -2.22. The van der Waals surface area contributed by atoms with Crippen LogP contribution in [0.25, 0.3) is 0 Å². The predicted molar refractivity (Wildman–Crippen MR) is 60.1 cm³/mol. The second-order valence-corrected chi connectivity index (χ2v) is 3.71. The van der Waals surface area contributed by atoms with Gasteiger partial charge in [0.25, 0.3) is 0 Å². The van der Waals surface area contributed by atoms with Crippen molar-refractivity contribution >= 4 is 11.9 Å². The van der Waals surface area contributed by atoms with Crippen LogP contribution in [0.5, 0.6) is 0 Å². The highest BCUT2D eigenvalue weighted by atomic mass is 16.4. The van der Waals surface area contributed by atoms with Crippen molar-refractivity contribution in [3.05, 3.63) is 18.0 Å². The molecule has 16 heavy (non-hydrogen) atoms. The van der Waals surface area contributed by atoms with Gasteiger partial charge in [-0.1, -0.05) is 0 Å². The Bertz CT molecular complexity index is 337. The van der Waals surface area contributed by atoms with Gasteiger partial charge in [0.15, 0.2) is 0 Å². The van der Waals surface area contributed by atoms with Crippen LogP contribution in [0.1, 0.15) is 19.4 Å². The molecule has 88 valence electrons. The topological polar surface area (TPSA) is 87.1 Å². The molecule has 6 nitrogen and oxygen atoms in total. The summed E-state index contributed by atoms with van der Waals surface area (Å²) in [6, 6.07) is 0.288. The number of carbonyl (C=O) groups is 1. The largest absolute Gasteiger partial charge is 0.480 e. The van der Waals surface area contributed by atoms with Crippen LogP contribution < -0.4 is 10.6 Å². The summed E-state index contributed by atoms with van der Waals surface area (Å²) in [6.07, 6.45) is 3.35. The Hall–Kier alpha value is -1.69. The lowest BCUT2D eigenvalue weighted by molar-refractivity contribution is -0.135. The second-order valence-electron chi connectivity index (χ2n) is 3.71. The third-order valence-corrected chi connectivity index (χ3v) is 1.73. The Morgan fingerprint density at radius 2 is 2.06 bits per heavy atom. The summed E-state index contributed by atoms with van der Waals surface area (Å²) < 4.78 is 0. The van der Waals surface area contributed by atoms with Gasteiger partial charge >= 0.3 is 5.97 Å². The molecule has 0 aliphatic heterocycles. The van der Waals surface area contributed by atoms with Gasteiger partial charge in [-0.15, -0.1) is 0 Å². The Morgan fingerprint density at radius 3 is 2.56 bits per heavy atom. The maximum absolute atomic E-state index is 10.3. The predicted octanol–water partition coefficient (Wildman–Crippen LogP) is 0.471. The standard InChI is InChI=1S/C10H16N4O2/c1-7(2)14-10-12-4-8(5-13-10)3-11-6-9(15)16/h4-5,7,11H,3,6H2,1-2H3,(H,15,16)(H,12,13,14). The van der Waals surface area contributed by atoms with Crippen molar-refractivity contribution in [2.75, 3.05) is 11.9 Å². The molecule has 6 heteroatoms. The molecule has 0 unspecified atom stereocenters. The average molecular weight is 224 g/mol. The number of hydrogen-bond donors (Lipinski definition) is 3. The maximum Gasteiger partial charge on any atom is 0.317 e. The fourth-order valence-electron chi connectivity index (χ4n) is 1.09. The molecule has 0 spiro atoms. The molecule has 3 N–H and O–H groups in total. The number of carboxylic acid groups (broad SMARTS) is 1. The number of nitrogens with one attached hydrogen (secondary N) is 2. The zero-order valence-corrected chi connectivity index (χ0v) is 9.40. The monoisotopic (exact) mass is 224 g/mol. The zero-order chi connectivity index (χ0) is 12.0. The van der Waals surface area contributed by atoms with Crippen molar-refractivity contribution in [2.24, 2.45) is 0 Å². The quantitative estimate of drug-likeness (QED) is 0.651. The van der Waals surface area contributed by atoms with E-state index in [1.54, 1.807) is 12.4 Å². The molecule has 0 fully saturated rings. The number of carboxylic acids is 1. The summed E-state index contributed by atoms with van der Waals surface area (Å²) in [7, 11) is 0. The summed E-state index contributed by atoms with van der Waals surface area (Å²) in [5, 5.41) is 14.3. The first-order valence-corrected chi connectivity index (χ1v) is 5.08. The SMILES string of the molecule is CC(C)Nc1ncc(CNCC(=O)O)cn1. The molecule has 0 bridgehead atoms. The van der Waals surface area contributed by atoms with E-state index >= 15 is 0 Å². The fourth-order valence-corrected chi connectivity index (χ4v) is 1.09. The van der Waals surface area contributed by atoms with Crippen LogP contribution in [-0.4, -0.2) is 33.6 Å². The van der Waals surface area contributed by atoms with Crippen LogP contribution in [0.3, 0.4) is 0 Å². The van der Waals surface area contributed by atoms with Gasteiger partial charge in [0, 0.05) is 30.5 Å². The van der Waals surface area contributed by atoms with Gasteiger partial charge in [-0.3, -0.25) is 4.79 Å². The summed E-state index contributed by atoms with van der Waals surface area (Å²) in [5.41, 5.74) is 0.857. The minimum absolute atomic E-state index is 0.0635. The van der Waals surface area contributed by atoms with E-state index in [0.29, 0.717) is 12.5 Å². The van der Waals surface area contributed by atoms with Gasteiger partial charge in [0.05, 0.1) is 6.54 Å². The minimum atomic E-state index is -0.876.